The predicted molar refractivity (Wildman–Crippen MR) is 112 cm³/mol. The Morgan fingerprint density at radius 2 is 1.90 bits per heavy atom. The zero-order chi connectivity index (χ0) is 20.2. The Labute approximate surface area is 175 Å². The molecule has 2 aromatic rings. The van der Waals surface area contributed by atoms with E-state index in [2.05, 4.69) is 4.90 Å². The van der Waals surface area contributed by atoms with Crippen LogP contribution in [0.2, 0.25) is 5.02 Å². The van der Waals surface area contributed by atoms with E-state index in [1.807, 2.05) is 48.5 Å². The van der Waals surface area contributed by atoms with Crippen LogP contribution in [0, 0.1) is 0 Å². The highest BCUT2D eigenvalue weighted by Crippen LogP contribution is 2.35. The molecular weight excluding hydrogens is 390 g/mol. The van der Waals surface area contributed by atoms with Crippen LogP contribution in [0.3, 0.4) is 0 Å². The van der Waals surface area contributed by atoms with Crippen LogP contribution in [0.15, 0.2) is 53.6 Å². The first-order chi connectivity index (χ1) is 14.2. The average Bonchev–Trinajstić information content (AvgIpc) is 3.20. The molecule has 1 fully saturated rings. The van der Waals surface area contributed by atoms with Crippen molar-refractivity contribution < 1.29 is 14.3 Å². The Bertz CT molecular complexity index is 894. The van der Waals surface area contributed by atoms with Crippen LogP contribution >= 0.6 is 11.6 Å². The van der Waals surface area contributed by atoms with Gasteiger partial charge in [0.1, 0.15) is 5.75 Å². The quantitative estimate of drug-likeness (QED) is 0.754. The normalized spacial score (nSPS) is 19.9. The minimum atomic E-state index is -0.166. The first-order valence-corrected chi connectivity index (χ1v) is 10.1. The molecule has 2 aliphatic heterocycles. The van der Waals surface area contributed by atoms with Gasteiger partial charge in [0.05, 0.1) is 38.6 Å². The number of carbonyl (C=O) groups is 1. The van der Waals surface area contributed by atoms with Crippen molar-refractivity contribution in [1.29, 1.82) is 0 Å². The van der Waals surface area contributed by atoms with Crippen molar-refractivity contribution >= 4 is 23.2 Å². The van der Waals surface area contributed by atoms with Crippen LogP contribution in [0.5, 0.6) is 5.75 Å². The molecule has 0 saturated carbocycles. The summed E-state index contributed by atoms with van der Waals surface area (Å²) in [6.07, 6.45) is 0.616. The van der Waals surface area contributed by atoms with Crippen molar-refractivity contribution in [3.8, 4) is 5.75 Å². The van der Waals surface area contributed by atoms with Crippen LogP contribution in [0.1, 0.15) is 23.6 Å². The minimum absolute atomic E-state index is 0.0187. The minimum Gasteiger partial charge on any atom is -0.497 e. The van der Waals surface area contributed by atoms with E-state index < -0.39 is 0 Å². The van der Waals surface area contributed by atoms with E-state index in [1.54, 1.807) is 12.1 Å². The fourth-order valence-corrected chi connectivity index (χ4v) is 3.95. The lowest BCUT2D eigenvalue weighted by Crippen LogP contribution is -2.43. The van der Waals surface area contributed by atoms with Gasteiger partial charge in [-0.1, -0.05) is 41.9 Å². The molecule has 0 bridgehead atoms. The van der Waals surface area contributed by atoms with Gasteiger partial charge in [0, 0.05) is 30.1 Å². The maximum atomic E-state index is 13.2. The zero-order valence-corrected chi connectivity index (χ0v) is 17.1. The molecule has 1 amide bonds. The Morgan fingerprint density at radius 1 is 1.17 bits per heavy atom. The third kappa shape index (κ3) is 4.45. The number of nitrogens with zero attached hydrogens (tertiary/aromatic N) is 3. The summed E-state index contributed by atoms with van der Waals surface area (Å²) in [5, 5.41) is 6.97. The van der Waals surface area contributed by atoms with Crippen LogP contribution in [0.4, 0.5) is 0 Å². The summed E-state index contributed by atoms with van der Waals surface area (Å²) in [4.78, 5) is 15.3. The lowest BCUT2D eigenvalue weighted by Gasteiger charge is -2.29. The molecule has 152 valence electrons. The molecule has 1 saturated heterocycles. The molecule has 4 rings (SSSR count). The largest absolute Gasteiger partial charge is 0.497 e. The molecule has 0 radical (unpaired) electrons. The molecule has 6 nitrogen and oxygen atoms in total. The highest BCUT2D eigenvalue weighted by Gasteiger charge is 2.34. The summed E-state index contributed by atoms with van der Waals surface area (Å²) >= 11 is 6.40. The maximum Gasteiger partial charge on any atom is 0.257 e. The molecule has 0 aromatic heterocycles. The van der Waals surface area contributed by atoms with Gasteiger partial charge in [0.15, 0.2) is 0 Å². The SMILES string of the molecule is COc1ccc([C@@H]2CC(c3ccccc3Cl)=NN2C(=O)CN2CCOCC2)cc1. The Balaban J connectivity index is 1.61. The van der Waals surface area contributed by atoms with Crippen molar-refractivity contribution in [2.75, 3.05) is 40.0 Å². The molecule has 0 unspecified atom stereocenters. The molecule has 2 heterocycles. The van der Waals surface area contributed by atoms with Gasteiger partial charge in [-0.2, -0.15) is 5.10 Å². The van der Waals surface area contributed by atoms with Gasteiger partial charge in [-0.05, 0) is 23.8 Å². The Morgan fingerprint density at radius 3 is 2.59 bits per heavy atom. The number of benzene rings is 2. The van der Waals surface area contributed by atoms with E-state index in [0.717, 1.165) is 35.7 Å². The molecule has 2 aliphatic rings. The van der Waals surface area contributed by atoms with Gasteiger partial charge in [0.2, 0.25) is 0 Å². The summed E-state index contributed by atoms with van der Waals surface area (Å²) in [5.74, 6) is 0.764. The number of amides is 1. The van der Waals surface area contributed by atoms with Crippen molar-refractivity contribution in [3.05, 3.63) is 64.7 Å². The average molecular weight is 414 g/mol. The van der Waals surface area contributed by atoms with Gasteiger partial charge in [-0.25, -0.2) is 5.01 Å². The van der Waals surface area contributed by atoms with E-state index >= 15 is 0 Å². The standard InChI is InChI=1S/C22H24ClN3O3/c1-28-17-8-6-16(7-9-17)21-14-20(18-4-2-3-5-19(18)23)24-26(21)22(27)15-25-10-12-29-13-11-25/h2-9,21H,10-15H2,1H3/t21-/m0/s1. The van der Waals surface area contributed by atoms with Gasteiger partial charge in [-0.15, -0.1) is 0 Å². The number of carbonyl (C=O) groups excluding carboxylic acids is 1. The van der Waals surface area contributed by atoms with E-state index in [0.29, 0.717) is 31.2 Å². The molecule has 0 N–H and O–H groups in total. The van der Waals surface area contributed by atoms with Gasteiger partial charge in [0.25, 0.3) is 5.91 Å². The number of hydrogen-bond donors (Lipinski definition) is 0. The molecule has 7 heteroatoms. The number of halogens is 1. The summed E-state index contributed by atoms with van der Waals surface area (Å²) < 4.78 is 10.7. The summed E-state index contributed by atoms with van der Waals surface area (Å²) in [6.45, 7) is 3.16. The lowest BCUT2D eigenvalue weighted by molar-refractivity contribution is -0.135. The highest BCUT2D eigenvalue weighted by atomic mass is 35.5. The number of hydrazone groups is 1. The lowest BCUT2D eigenvalue weighted by atomic mass is 9.98. The van der Waals surface area contributed by atoms with Gasteiger partial charge < -0.3 is 9.47 Å². The van der Waals surface area contributed by atoms with Crippen LogP contribution in [-0.2, 0) is 9.53 Å². The second kappa shape index (κ2) is 8.95. The molecule has 1 atom stereocenters. The second-order valence-corrected chi connectivity index (χ2v) is 7.55. The fraction of sp³-hybridized carbons (Fsp3) is 0.364. The summed E-state index contributed by atoms with van der Waals surface area (Å²) in [5.41, 5.74) is 2.72. The van der Waals surface area contributed by atoms with Gasteiger partial charge >= 0.3 is 0 Å². The number of rotatable bonds is 5. The fourth-order valence-electron chi connectivity index (χ4n) is 3.71. The molecule has 2 aromatic carbocycles. The molecule has 29 heavy (non-hydrogen) atoms. The third-order valence-electron chi connectivity index (χ3n) is 5.31. The Hall–Kier alpha value is -2.41. The van der Waals surface area contributed by atoms with Crippen molar-refractivity contribution in [1.82, 2.24) is 9.91 Å². The first-order valence-electron chi connectivity index (χ1n) is 9.74. The predicted octanol–water partition coefficient (Wildman–Crippen LogP) is 3.36. The van der Waals surface area contributed by atoms with Gasteiger partial charge in [-0.3, -0.25) is 9.69 Å². The Kier molecular flexibility index (Phi) is 6.13. The number of morpholine rings is 1. The number of methoxy groups -OCH3 is 1. The third-order valence-corrected chi connectivity index (χ3v) is 5.64. The molecule has 0 aliphatic carbocycles. The highest BCUT2D eigenvalue weighted by molar-refractivity contribution is 6.34. The number of hydrogen-bond acceptors (Lipinski definition) is 5. The summed E-state index contributed by atoms with van der Waals surface area (Å²) in [6, 6.07) is 15.3. The van der Waals surface area contributed by atoms with E-state index in [-0.39, 0.29) is 11.9 Å². The van der Waals surface area contributed by atoms with Crippen LogP contribution in [0.25, 0.3) is 0 Å². The molecule has 0 spiro atoms. The van der Waals surface area contributed by atoms with Crippen molar-refractivity contribution in [2.45, 2.75) is 12.5 Å². The maximum absolute atomic E-state index is 13.2. The number of ether oxygens (including phenoxy) is 2. The second-order valence-electron chi connectivity index (χ2n) is 7.15. The smallest absolute Gasteiger partial charge is 0.257 e. The van der Waals surface area contributed by atoms with E-state index in [9.17, 15) is 4.79 Å². The summed E-state index contributed by atoms with van der Waals surface area (Å²) in [7, 11) is 1.64. The molecular formula is C22H24ClN3O3. The van der Waals surface area contributed by atoms with E-state index in [4.69, 9.17) is 26.2 Å². The topological polar surface area (TPSA) is 54.4 Å². The van der Waals surface area contributed by atoms with Crippen molar-refractivity contribution in [3.63, 3.8) is 0 Å². The van der Waals surface area contributed by atoms with Crippen LogP contribution in [-0.4, -0.2) is 61.5 Å². The monoisotopic (exact) mass is 413 g/mol. The van der Waals surface area contributed by atoms with Crippen molar-refractivity contribution in [2.24, 2.45) is 5.10 Å². The zero-order valence-electron chi connectivity index (χ0n) is 16.4. The van der Waals surface area contributed by atoms with Crippen LogP contribution < -0.4 is 4.74 Å². The van der Waals surface area contributed by atoms with E-state index in [1.165, 1.54) is 0 Å². The first kappa shape index (κ1) is 19.9.